The molecule has 8 aromatic rings. The monoisotopic (exact) mass is 764 g/mol. The Morgan fingerprint density at radius 1 is 0.316 bits per heavy atom. The molecule has 0 aliphatic carbocycles. The van der Waals surface area contributed by atoms with Crippen molar-refractivity contribution in [3.63, 3.8) is 0 Å². The van der Waals surface area contributed by atoms with Crippen LogP contribution in [-0.4, -0.2) is 44.0 Å². The van der Waals surface area contributed by atoms with Crippen molar-refractivity contribution < 1.29 is 0 Å². The maximum atomic E-state index is 4.02. The lowest BCUT2D eigenvalue weighted by molar-refractivity contribution is 0.925. The molecule has 57 heavy (non-hydrogen) atoms. The fourth-order valence-electron chi connectivity index (χ4n) is 3.97. The first-order valence-electron chi connectivity index (χ1n) is 18.6. The van der Waals surface area contributed by atoms with Gasteiger partial charge in [0.25, 0.3) is 0 Å². The van der Waals surface area contributed by atoms with Gasteiger partial charge in [-0.2, -0.15) is 0 Å². The summed E-state index contributed by atoms with van der Waals surface area (Å²) >= 11 is 0. The molecule has 9 heteroatoms. The van der Waals surface area contributed by atoms with Crippen LogP contribution in [0.15, 0.2) is 172 Å². The third-order valence-electron chi connectivity index (χ3n) is 6.97. The Balaban J connectivity index is 0.000000326. The van der Waals surface area contributed by atoms with E-state index in [2.05, 4.69) is 92.3 Å². The van der Waals surface area contributed by atoms with E-state index >= 15 is 0 Å². The van der Waals surface area contributed by atoms with E-state index < -0.39 is 0 Å². The van der Waals surface area contributed by atoms with E-state index in [9.17, 15) is 0 Å². The first-order valence-corrected chi connectivity index (χ1v) is 18.6. The van der Waals surface area contributed by atoms with Crippen molar-refractivity contribution in [3.8, 4) is 0 Å². The smallest absolute Gasteiger partial charge is 0.0555 e. The minimum Gasteiger partial charge on any atom is -0.357 e. The van der Waals surface area contributed by atoms with Gasteiger partial charge < -0.3 is 9.13 Å². The van der Waals surface area contributed by atoms with Crippen LogP contribution in [-0.2, 0) is 14.1 Å². The SMILES string of the molecule is Cc1ccccc1.Cc1ccccn1.Cc1cccnc1.Cc1ccn(C)c1.Cc1ccn(C)c1.Cc1ccncc1.Cc1cnc(C)cn1.Cc1cnccn1. The van der Waals surface area contributed by atoms with Crippen molar-refractivity contribution in [2.45, 2.75) is 62.3 Å². The first-order chi connectivity index (χ1) is 27.3. The summed E-state index contributed by atoms with van der Waals surface area (Å²) in [5, 5.41) is 0. The molecule has 7 heterocycles. The number of benzene rings is 1. The molecule has 0 aliphatic rings. The van der Waals surface area contributed by atoms with Crippen LogP contribution >= 0.6 is 0 Å². The molecular weight excluding hydrogens is 703 g/mol. The van der Waals surface area contributed by atoms with Crippen molar-refractivity contribution in [1.82, 2.24) is 44.0 Å². The zero-order valence-electron chi connectivity index (χ0n) is 35.7. The van der Waals surface area contributed by atoms with E-state index in [1.165, 1.54) is 27.8 Å². The molecule has 1 aromatic carbocycles. The Hall–Kier alpha value is -6.61. The van der Waals surface area contributed by atoms with Crippen LogP contribution in [0.5, 0.6) is 0 Å². The standard InChI is InChI=1S/C7H8.C6H8N2.2C6H9N.3C6H7N.C5H6N2/c1-7-5-3-2-4-6-7;1-5-3-8-6(2)4-7-5;2*1-6-3-4-7(2)5-6;1-6-2-4-7-5-3-6;1-6-3-2-4-7-5-6;1-6-4-2-3-5-7-6;1-5-4-6-2-3-7-5/h2-6H,1H3;3-4H,1-2H3;2*3-5H,1-2H3;3*2-5H,1H3;2-4H,1H3. The maximum absolute atomic E-state index is 4.02. The highest BCUT2D eigenvalue weighted by Gasteiger charge is 1.83. The Kier molecular flexibility index (Phi) is 26.1. The normalized spacial score (nSPS) is 8.96. The highest BCUT2D eigenvalue weighted by molar-refractivity contribution is 5.12. The topological polar surface area (TPSA) is 100 Å². The highest BCUT2D eigenvalue weighted by atomic mass is 14.9. The van der Waals surface area contributed by atoms with E-state index in [4.69, 9.17) is 0 Å². The van der Waals surface area contributed by atoms with Crippen molar-refractivity contribution >= 4 is 0 Å². The van der Waals surface area contributed by atoms with Crippen LogP contribution in [0.25, 0.3) is 0 Å². The molecule has 0 fully saturated rings. The summed E-state index contributed by atoms with van der Waals surface area (Å²) in [6, 6.07) is 28.2. The summed E-state index contributed by atoms with van der Waals surface area (Å²) in [6.07, 6.45) is 25.8. The number of rotatable bonds is 0. The van der Waals surface area contributed by atoms with Crippen molar-refractivity contribution in [2.24, 2.45) is 14.1 Å². The fourth-order valence-corrected chi connectivity index (χ4v) is 3.97. The van der Waals surface area contributed by atoms with Crippen LogP contribution < -0.4 is 0 Å². The minimum absolute atomic E-state index is 0.961. The molecule has 0 N–H and O–H groups in total. The molecule has 0 unspecified atom stereocenters. The number of nitrogens with zero attached hydrogens (tertiary/aromatic N) is 9. The lowest BCUT2D eigenvalue weighted by Crippen LogP contribution is -1.84. The molecule has 0 spiro atoms. The average Bonchev–Trinajstić information content (AvgIpc) is 3.80. The Morgan fingerprint density at radius 2 is 0.807 bits per heavy atom. The van der Waals surface area contributed by atoms with Gasteiger partial charge in [0.05, 0.1) is 17.1 Å². The zero-order chi connectivity index (χ0) is 42.1. The predicted molar refractivity (Wildman–Crippen MR) is 237 cm³/mol. The lowest BCUT2D eigenvalue weighted by atomic mass is 10.2. The van der Waals surface area contributed by atoms with E-state index in [1.807, 2.05) is 144 Å². The summed E-state index contributed by atoms with van der Waals surface area (Å²) < 4.78 is 4.07. The third kappa shape index (κ3) is 29.4. The summed E-state index contributed by atoms with van der Waals surface area (Å²) in [6.45, 7) is 18.0. The maximum Gasteiger partial charge on any atom is 0.0555 e. The first kappa shape index (κ1) is 48.4. The summed E-state index contributed by atoms with van der Waals surface area (Å²) in [5.41, 5.74) is 10.4. The van der Waals surface area contributed by atoms with Gasteiger partial charge in [0.15, 0.2) is 0 Å². The summed E-state index contributed by atoms with van der Waals surface area (Å²) in [5.74, 6) is 0. The minimum atomic E-state index is 0.961. The average molecular weight is 764 g/mol. The second-order valence-electron chi connectivity index (χ2n) is 13.0. The molecule has 298 valence electrons. The Labute approximate surface area is 341 Å². The van der Waals surface area contributed by atoms with E-state index in [0.717, 1.165) is 22.8 Å². The van der Waals surface area contributed by atoms with E-state index in [0.29, 0.717) is 0 Å². The molecule has 8 rings (SSSR count). The van der Waals surface area contributed by atoms with Gasteiger partial charge in [0, 0.05) is 107 Å². The fraction of sp³-hybridized carbons (Fsp3) is 0.229. The summed E-state index contributed by atoms with van der Waals surface area (Å²) in [7, 11) is 4.04. The Morgan fingerprint density at radius 3 is 1.04 bits per heavy atom. The second-order valence-corrected chi connectivity index (χ2v) is 13.0. The quantitative estimate of drug-likeness (QED) is 0.152. The predicted octanol–water partition coefficient (Wildman–Crippen LogP) is 10.7. The van der Waals surface area contributed by atoms with Crippen molar-refractivity contribution in [2.75, 3.05) is 0 Å². The number of hydrogen-bond acceptors (Lipinski definition) is 7. The number of aromatic nitrogens is 9. The number of pyridine rings is 3. The largest absolute Gasteiger partial charge is 0.357 e. The molecule has 0 bridgehead atoms. The van der Waals surface area contributed by atoms with Gasteiger partial charge in [-0.15, -0.1) is 0 Å². The van der Waals surface area contributed by atoms with Crippen LogP contribution in [0.2, 0.25) is 0 Å². The molecule has 7 aromatic heterocycles. The summed E-state index contributed by atoms with van der Waals surface area (Å²) in [4.78, 5) is 27.5. The second kappa shape index (κ2) is 30.7. The van der Waals surface area contributed by atoms with E-state index in [-0.39, 0.29) is 0 Å². The van der Waals surface area contributed by atoms with Gasteiger partial charge in [-0.3, -0.25) is 34.9 Å². The molecule has 0 saturated carbocycles. The molecule has 0 atom stereocenters. The van der Waals surface area contributed by atoms with Crippen LogP contribution in [0.4, 0.5) is 0 Å². The molecule has 0 amide bonds. The molecule has 0 saturated heterocycles. The van der Waals surface area contributed by atoms with E-state index in [1.54, 1.807) is 55.8 Å². The number of aryl methyl sites for hydroxylation is 11. The van der Waals surface area contributed by atoms with Gasteiger partial charge in [0.1, 0.15) is 0 Å². The number of hydrogen-bond donors (Lipinski definition) is 0. The lowest BCUT2D eigenvalue weighted by Gasteiger charge is -1.88. The third-order valence-corrected chi connectivity index (χ3v) is 6.97. The molecule has 0 radical (unpaired) electrons. The van der Waals surface area contributed by atoms with Crippen LogP contribution in [0, 0.1) is 62.3 Å². The zero-order valence-corrected chi connectivity index (χ0v) is 35.7. The van der Waals surface area contributed by atoms with Gasteiger partial charge in [0.2, 0.25) is 0 Å². The molecule has 9 nitrogen and oxygen atoms in total. The van der Waals surface area contributed by atoms with Gasteiger partial charge in [-0.25, -0.2) is 0 Å². The van der Waals surface area contributed by atoms with Gasteiger partial charge in [-0.05, 0) is 127 Å². The van der Waals surface area contributed by atoms with Gasteiger partial charge >= 0.3 is 0 Å². The highest BCUT2D eigenvalue weighted by Crippen LogP contribution is 1.95. The molecular formula is C48H61N9. The molecule has 0 aliphatic heterocycles. The van der Waals surface area contributed by atoms with Crippen LogP contribution in [0.3, 0.4) is 0 Å². The Bertz CT molecular complexity index is 1760. The van der Waals surface area contributed by atoms with Crippen molar-refractivity contribution in [3.05, 3.63) is 222 Å². The van der Waals surface area contributed by atoms with Crippen molar-refractivity contribution in [1.29, 1.82) is 0 Å². The van der Waals surface area contributed by atoms with Crippen LogP contribution in [0.1, 0.15) is 50.6 Å². The van der Waals surface area contributed by atoms with Gasteiger partial charge in [-0.1, -0.05) is 48.0 Å².